The van der Waals surface area contributed by atoms with Crippen molar-refractivity contribution >= 4 is 5.69 Å². The highest BCUT2D eigenvalue weighted by Gasteiger charge is 2.23. The summed E-state index contributed by atoms with van der Waals surface area (Å²) in [5.41, 5.74) is 2.15. The first-order valence-electron chi connectivity index (χ1n) is 5.45. The normalized spacial score (nSPS) is 20.8. The van der Waals surface area contributed by atoms with Crippen LogP contribution in [0.25, 0.3) is 0 Å². The zero-order valence-electron chi connectivity index (χ0n) is 9.25. The Morgan fingerprint density at radius 2 is 2.40 bits per heavy atom. The number of fused-ring (bicyclic) bond motifs is 1. The van der Waals surface area contributed by atoms with Gasteiger partial charge in [-0.3, -0.25) is 0 Å². The van der Waals surface area contributed by atoms with Gasteiger partial charge in [0.15, 0.2) is 0 Å². The minimum atomic E-state index is 0.416. The van der Waals surface area contributed by atoms with Crippen LogP contribution in [-0.2, 0) is 6.42 Å². The van der Waals surface area contributed by atoms with E-state index < -0.39 is 0 Å². The standard InChI is InChI=1S/C12H18N2O/c1-8(13-2)6-9-7-10-11(14-9)4-3-5-12(10)15/h3-5,8-9,13-15H,6-7H2,1-2H3. The molecule has 3 N–H and O–H groups in total. The van der Waals surface area contributed by atoms with E-state index >= 15 is 0 Å². The molecule has 3 heteroatoms. The van der Waals surface area contributed by atoms with E-state index in [9.17, 15) is 5.11 Å². The number of rotatable bonds is 3. The van der Waals surface area contributed by atoms with Gasteiger partial charge in [-0.2, -0.15) is 0 Å². The molecule has 1 aromatic carbocycles. The van der Waals surface area contributed by atoms with Crippen molar-refractivity contribution in [2.75, 3.05) is 12.4 Å². The van der Waals surface area contributed by atoms with Gasteiger partial charge >= 0.3 is 0 Å². The summed E-state index contributed by atoms with van der Waals surface area (Å²) >= 11 is 0. The van der Waals surface area contributed by atoms with Crippen LogP contribution in [0.5, 0.6) is 5.75 Å². The molecule has 1 heterocycles. The first-order valence-corrected chi connectivity index (χ1v) is 5.45. The molecule has 15 heavy (non-hydrogen) atoms. The highest BCUT2D eigenvalue weighted by molar-refractivity contribution is 5.61. The summed E-state index contributed by atoms with van der Waals surface area (Å²) in [5, 5.41) is 16.4. The average Bonchev–Trinajstić information content (AvgIpc) is 2.62. The molecule has 1 aliphatic heterocycles. The molecule has 0 amide bonds. The third-order valence-electron chi connectivity index (χ3n) is 3.09. The van der Waals surface area contributed by atoms with E-state index in [0.29, 0.717) is 17.8 Å². The Morgan fingerprint density at radius 1 is 1.60 bits per heavy atom. The Morgan fingerprint density at radius 3 is 3.07 bits per heavy atom. The molecule has 82 valence electrons. The van der Waals surface area contributed by atoms with E-state index in [4.69, 9.17) is 0 Å². The van der Waals surface area contributed by atoms with Gasteiger partial charge in [0.1, 0.15) is 5.75 Å². The lowest BCUT2D eigenvalue weighted by atomic mass is 10.0. The average molecular weight is 206 g/mol. The smallest absolute Gasteiger partial charge is 0.120 e. The quantitative estimate of drug-likeness (QED) is 0.705. The van der Waals surface area contributed by atoms with Crippen LogP contribution in [0.3, 0.4) is 0 Å². The largest absolute Gasteiger partial charge is 0.508 e. The Hall–Kier alpha value is -1.22. The molecule has 0 aliphatic carbocycles. The number of phenols is 1. The minimum absolute atomic E-state index is 0.416. The summed E-state index contributed by atoms with van der Waals surface area (Å²) in [5.74, 6) is 0.416. The SMILES string of the molecule is CNC(C)CC1Cc2c(O)cccc2N1. The molecular weight excluding hydrogens is 188 g/mol. The monoisotopic (exact) mass is 206 g/mol. The molecule has 1 aromatic rings. The highest BCUT2D eigenvalue weighted by Crippen LogP contribution is 2.33. The summed E-state index contributed by atoms with van der Waals surface area (Å²) in [7, 11) is 1.98. The Kier molecular flexibility index (Phi) is 2.82. The van der Waals surface area contributed by atoms with E-state index in [1.54, 1.807) is 6.07 Å². The van der Waals surface area contributed by atoms with Crippen molar-refractivity contribution in [3.8, 4) is 5.75 Å². The second-order valence-corrected chi connectivity index (χ2v) is 4.27. The topological polar surface area (TPSA) is 44.3 Å². The summed E-state index contributed by atoms with van der Waals surface area (Å²) in [4.78, 5) is 0. The van der Waals surface area contributed by atoms with Crippen LogP contribution in [0.1, 0.15) is 18.9 Å². The maximum Gasteiger partial charge on any atom is 0.120 e. The molecule has 0 saturated carbocycles. The highest BCUT2D eigenvalue weighted by atomic mass is 16.3. The number of hydrogen-bond acceptors (Lipinski definition) is 3. The molecule has 0 bridgehead atoms. The Labute approximate surface area is 90.5 Å². The Bertz CT molecular complexity index is 351. The first-order chi connectivity index (χ1) is 7.20. The number of hydrogen-bond donors (Lipinski definition) is 3. The first kappa shape index (κ1) is 10.3. The number of benzene rings is 1. The second kappa shape index (κ2) is 4.11. The molecule has 0 saturated heterocycles. The van der Waals surface area contributed by atoms with E-state index in [1.165, 1.54) is 0 Å². The van der Waals surface area contributed by atoms with Crippen LogP contribution in [0, 0.1) is 0 Å². The molecule has 2 rings (SSSR count). The number of nitrogens with one attached hydrogen (secondary N) is 2. The van der Waals surface area contributed by atoms with Gasteiger partial charge in [-0.25, -0.2) is 0 Å². The van der Waals surface area contributed by atoms with E-state index in [1.807, 2.05) is 19.2 Å². The maximum absolute atomic E-state index is 9.68. The molecule has 2 atom stereocenters. The van der Waals surface area contributed by atoms with Crippen molar-refractivity contribution in [2.45, 2.75) is 31.8 Å². The van der Waals surface area contributed by atoms with Crippen LogP contribution in [0.2, 0.25) is 0 Å². The zero-order valence-corrected chi connectivity index (χ0v) is 9.25. The fourth-order valence-electron chi connectivity index (χ4n) is 2.13. The van der Waals surface area contributed by atoms with Gasteiger partial charge in [0.25, 0.3) is 0 Å². The third kappa shape index (κ3) is 2.07. The lowest BCUT2D eigenvalue weighted by molar-refractivity contribution is 0.465. The van der Waals surface area contributed by atoms with Gasteiger partial charge in [0.05, 0.1) is 0 Å². The lowest BCUT2D eigenvalue weighted by Gasteiger charge is -2.16. The summed E-state index contributed by atoms with van der Waals surface area (Å²) in [6, 6.07) is 6.60. The molecular formula is C12H18N2O. The zero-order chi connectivity index (χ0) is 10.8. The number of anilines is 1. The molecule has 0 radical (unpaired) electrons. The fourth-order valence-corrected chi connectivity index (χ4v) is 2.13. The maximum atomic E-state index is 9.68. The van der Waals surface area contributed by atoms with Gasteiger partial charge < -0.3 is 15.7 Å². The number of aromatic hydroxyl groups is 1. The van der Waals surface area contributed by atoms with Crippen molar-refractivity contribution in [1.29, 1.82) is 0 Å². The molecule has 3 nitrogen and oxygen atoms in total. The van der Waals surface area contributed by atoms with E-state index in [-0.39, 0.29) is 0 Å². The molecule has 0 fully saturated rings. The van der Waals surface area contributed by atoms with Crippen molar-refractivity contribution in [3.63, 3.8) is 0 Å². The number of phenolic OH excluding ortho intramolecular Hbond substituents is 1. The molecule has 2 unspecified atom stereocenters. The van der Waals surface area contributed by atoms with Gasteiger partial charge in [0, 0.05) is 23.3 Å². The summed E-state index contributed by atoms with van der Waals surface area (Å²) < 4.78 is 0. The predicted molar refractivity (Wildman–Crippen MR) is 62.4 cm³/mol. The van der Waals surface area contributed by atoms with Gasteiger partial charge in [-0.1, -0.05) is 6.07 Å². The van der Waals surface area contributed by atoms with Gasteiger partial charge in [0.2, 0.25) is 0 Å². The summed E-state index contributed by atoms with van der Waals surface area (Å²) in [6.07, 6.45) is 2.00. The van der Waals surface area contributed by atoms with Crippen LogP contribution in [-0.4, -0.2) is 24.2 Å². The van der Waals surface area contributed by atoms with Gasteiger partial charge in [-0.05, 0) is 38.9 Å². The molecule has 0 aromatic heterocycles. The van der Waals surface area contributed by atoms with Crippen LogP contribution in [0.15, 0.2) is 18.2 Å². The fraction of sp³-hybridized carbons (Fsp3) is 0.500. The lowest BCUT2D eigenvalue weighted by Crippen LogP contribution is -2.29. The summed E-state index contributed by atoms with van der Waals surface area (Å²) in [6.45, 7) is 2.17. The van der Waals surface area contributed by atoms with Crippen LogP contribution < -0.4 is 10.6 Å². The van der Waals surface area contributed by atoms with Crippen molar-refractivity contribution < 1.29 is 5.11 Å². The Balaban J connectivity index is 2.06. The van der Waals surface area contributed by atoms with Gasteiger partial charge in [-0.15, -0.1) is 0 Å². The second-order valence-electron chi connectivity index (χ2n) is 4.27. The third-order valence-corrected chi connectivity index (χ3v) is 3.09. The minimum Gasteiger partial charge on any atom is -0.508 e. The van der Waals surface area contributed by atoms with Crippen molar-refractivity contribution in [2.24, 2.45) is 0 Å². The van der Waals surface area contributed by atoms with Crippen molar-refractivity contribution in [1.82, 2.24) is 5.32 Å². The van der Waals surface area contributed by atoms with Crippen LogP contribution >= 0.6 is 0 Å². The molecule has 0 spiro atoms. The molecule has 1 aliphatic rings. The van der Waals surface area contributed by atoms with Crippen LogP contribution in [0.4, 0.5) is 5.69 Å². The van der Waals surface area contributed by atoms with Crippen molar-refractivity contribution in [3.05, 3.63) is 23.8 Å². The van der Waals surface area contributed by atoms with E-state index in [2.05, 4.69) is 17.6 Å². The van der Waals surface area contributed by atoms with E-state index in [0.717, 1.165) is 24.1 Å². The predicted octanol–water partition coefficient (Wildman–Crippen LogP) is 1.73.